The van der Waals surface area contributed by atoms with Gasteiger partial charge in [0.25, 0.3) is 5.97 Å². The molecule has 19 heavy (non-hydrogen) atoms. The molecule has 0 atom stereocenters. The Morgan fingerprint density at radius 3 is 1.95 bits per heavy atom. The molecular formula is C11H22O7Si. The maximum absolute atomic E-state index is 10.7. The van der Waals surface area contributed by atoms with Crippen LogP contribution >= 0.6 is 0 Å². The Bertz CT molecular complexity index is 264. The van der Waals surface area contributed by atoms with Gasteiger partial charge in [-0.25, -0.2) is 4.79 Å². The number of carboxylic acid groups (broad SMARTS) is 1. The monoisotopic (exact) mass is 294 g/mol. The van der Waals surface area contributed by atoms with Gasteiger partial charge in [-0.05, 0) is 6.42 Å². The van der Waals surface area contributed by atoms with Crippen molar-refractivity contribution in [2.45, 2.75) is 19.4 Å². The highest BCUT2D eigenvalue weighted by Gasteiger charge is 2.36. The number of ether oxygens (including phenoxy) is 1. The predicted octanol–water partition coefficient (Wildman–Crippen LogP) is 1.07. The van der Waals surface area contributed by atoms with Gasteiger partial charge in [-0.3, -0.25) is 4.79 Å². The maximum atomic E-state index is 10.7. The van der Waals surface area contributed by atoms with E-state index in [1.807, 2.05) is 0 Å². The molecule has 0 saturated heterocycles. The topological polar surface area (TPSA) is 91.3 Å². The molecule has 0 aliphatic carbocycles. The van der Waals surface area contributed by atoms with Crippen molar-refractivity contribution in [3.63, 3.8) is 0 Å². The van der Waals surface area contributed by atoms with E-state index in [0.717, 1.165) is 13.0 Å². The van der Waals surface area contributed by atoms with Gasteiger partial charge in [-0.1, -0.05) is 6.58 Å². The van der Waals surface area contributed by atoms with E-state index in [2.05, 4.69) is 6.58 Å². The lowest BCUT2D eigenvalue weighted by atomic mass is 10.5. The summed E-state index contributed by atoms with van der Waals surface area (Å²) in [6.07, 6.45) is 1.77. The van der Waals surface area contributed by atoms with Crippen molar-refractivity contribution in [3.05, 3.63) is 12.7 Å². The van der Waals surface area contributed by atoms with E-state index in [4.69, 9.17) is 27.9 Å². The number of hydrogen-bond donors (Lipinski definition) is 1. The summed E-state index contributed by atoms with van der Waals surface area (Å²) in [4.78, 5) is 19.7. The highest BCUT2D eigenvalue weighted by Crippen LogP contribution is 2.14. The van der Waals surface area contributed by atoms with Gasteiger partial charge in [0.2, 0.25) is 0 Å². The van der Waals surface area contributed by atoms with Crippen LogP contribution < -0.4 is 0 Å². The van der Waals surface area contributed by atoms with Crippen molar-refractivity contribution < 1.29 is 32.7 Å². The van der Waals surface area contributed by atoms with Crippen molar-refractivity contribution in [1.82, 2.24) is 0 Å². The Balaban J connectivity index is 0. The molecule has 0 amide bonds. The molecule has 0 aromatic rings. The van der Waals surface area contributed by atoms with E-state index in [1.165, 1.54) is 0 Å². The van der Waals surface area contributed by atoms with Crippen molar-refractivity contribution in [3.8, 4) is 0 Å². The molecule has 8 heteroatoms. The molecule has 0 fully saturated rings. The quantitative estimate of drug-likeness (QED) is 0.310. The van der Waals surface area contributed by atoms with Crippen molar-refractivity contribution in [1.29, 1.82) is 0 Å². The molecule has 0 aliphatic rings. The van der Waals surface area contributed by atoms with Crippen LogP contribution in [0.4, 0.5) is 0 Å². The van der Waals surface area contributed by atoms with Gasteiger partial charge >= 0.3 is 14.8 Å². The molecule has 0 rings (SSSR count). The van der Waals surface area contributed by atoms with Gasteiger partial charge in [0.05, 0.1) is 6.61 Å². The lowest BCUT2D eigenvalue weighted by Crippen LogP contribution is -2.42. The fourth-order valence-electron chi connectivity index (χ4n) is 1.08. The largest absolute Gasteiger partial charge is 0.500 e. The van der Waals surface area contributed by atoms with E-state index in [0.29, 0.717) is 19.1 Å². The zero-order valence-electron chi connectivity index (χ0n) is 11.8. The van der Waals surface area contributed by atoms with Crippen molar-refractivity contribution in [2.75, 3.05) is 27.9 Å². The van der Waals surface area contributed by atoms with Crippen molar-refractivity contribution in [2.24, 2.45) is 0 Å². The Morgan fingerprint density at radius 2 is 1.63 bits per heavy atom. The van der Waals surface area contributed by atoms with Crippen LogP contribution in [0.2, 0.25) is 6.04 Å². The fraction of sp³-hybridized carbons (Fsp3) is 0.636. The first kappa shape index (κ1) is 20.1. The summed E-state index contributed by atoms with van der Waals surface area (Å²) in [5, 5.41) is 7.42. The smallest absolute Gasteiger partial charge is 0.481 e. The molecule has 0 unspecified atom stereocenters. The van der Waals surface area contributed by atoms with E-state index >= 15 is 0 Å². The Labute approximate surface area is 114 Å². The molecule has 0 heterocycles. The van der Waals surface area contributed by atoms with Crippen LogP contribution in [-0.4, -0.2) is 53.8 Å². The predicted molar refractivity (Wildman–Crippen MR) is 70.7 cm³/mol. The van der Waals surface area contributed by atoms with E-state index in [9.17, 15) is 4.79 Å². The molecule has 0 bridgehead atoms. The first-order chi connectivity index (χ1) is 8.87. The molecule has 0 aromatic heterocycles. The molecule has 0 saturated carbocycles. The minimum atomic E-state index is -2.52. The lowest BCUT2D eigenvalue weighted by Gasteiger charge is -2.23. The summed E-state index contributed by atoms with van der Waals surface area (Å²) in [5.74, 6) is -1.26. The minimum absolute atomic E-state index is 0.315. The second kappa shape index (κ2) is 11.8. The summed E-state index contributed by atoms with van der Waals surface area (Å²) >= 11 is 0. The highest BCUT2D eigenvalue weighted by molar-refractivity contribution is 6.60. The molecule has 112 valence electrons. The number of esters is 1. The van der Waals surface area contributed by atoms with Gasteiger partial charge in [0.15, 0.2) is 0 Å². The zero-order valence-corrected chi connectivity index (χ0v) is 12.8. The van der Waals surface area contributed by atoms with Crippen LogP contribution in [0.1, 0.15) is 13.3 Å². The Hall–Kier alpha value is -1.22. The highest BCUT2D eigenvalue weighted by atomic mass is 28.4. The number of aliphatic carboxylic acids is 1. The standard InChI is InChI=1S/C9H18O5Si.C2H4O2/c1-5-9(10)14-7-6-8-15(11-2,12-3)13-4;1-2(3)4/h5H,1,6-8H2,2-4H3;1H3,(H,3,4). The van der Waals surface area contributed by atoms with E-state index in [1.54, 1.807) is 21.3 Å². The number of carbonyl (C=O) groups is 2. The molecule has 0 aromatic carbocycles. The van der Waals surface area contributed by atoms with Gasteiger partial charge in [0, 0.05) is 40.4 Å². The first-order valence-corrected chi connectivity index (χ1v) is 7.44. The summed E-state index contributed by atoms with van der Waals surface area (Å²) in [7, 11) is 2.13. The number of hydrogen-bond acceptors (Lipinski definition) is 6. The van der Waals surface area contributed by atoms with Crippen LogP contribution in [0.5, 0.6) is 0 Å². The van der Waals surface area contributed by atoms with Gasteiger partial charge in [0.1, 0.15) is 0 Å². The van der Waals surface area contributed by atoms with Gasteiger partial charge in [-0.2, -0.15) is 0 Å². The summed E-state index contributed by atoms with van der Waals surface area (Å²) in [6, 6.07) is 0.612. The molecule has 0 radical (unpaired) electrons. The second-order valence-corrected chi connectivity index (χ2v) is 6.38. The average molecular weight is 294 g/mol. The minimum Gasteiger partial charge on any atom is -0.481 e. The van der Waals surface area contributed by atoms with Crippen molar-refractivity contribution >= 4 is 20.7 Å². The number of carbonyl (C=O) groups excluding carboxylic acids is 1. The second-order valence-electron chi connectivity index (χ2n) is 3.29. The molecule has 0 spiro atoms. The molecule has 1 N–H and O–H groups in total. The summed E-state index contributed by atoms with van der Waals surface area (Å²) < 4.78 is 20.4. The number of carboxylic acids is 1. The number of rotatable bonds is 8. The van der Waals surface area contributed by atoms with Crippen LogP contribution in [0.15, 0.2) is 12.7 Å². The van der Waals surface area contributed by atoms with Gasteiger partial charge in [-0.15, -0.1) is 0 Å². The Kier molecular flexibility index (Phi) is 12.5. The van der Waals surface area contributed by atoms with Crippen LogP contribution in [0, 0.1) is 0 Å². The lowest BCUT2D eigenvalue weighted by molar-refractivity contribution is -0.138. The summed E-state index contributed by atoms with van der Waals surface area (Å²) in [6.45, 7) is 4.70. The SMILES string of the molecule is C=CC(=O)OCCC[Si](OC)(OC)OC.CC(=O)O. The van der Waals surface area contributed by atoms with Gasteiger partial charge < -0.3 is 23.1 Å². The van der Waals surface area contributed by atoms with Crippen LogP contribution in [-0.2, 0) is 27.6 Å². The average Bonchev–Trinajstić information content (AvgIpc) is 2.39. The molecular weight excluding hydrogens is 272 g/mol. The normalized spacial score (nSPS) is 10.1. The first-order valence-electron chi connectivity index (χ1n) is 5.51. The van der Waals surface area contributed by atoms with Crippen LogP contribution in [0.25, 0.3) is 0 Å². The molecule has 0 aliphatic heterocycles. The third-order valence-corrected chi connectivity index (χ3v) is 4.80. The maximum Gasteiger partial charge on any atom is 0.500 e. The summed E-state index contributed by atoms with van der Waals surface area (Å²) in [5.41, 5.74) is 0. The zero-order chi connectivity index (χ0) is 15.3. The fourth-order valence-corrected chi connectivity index (χ4v) is 2.77. The molecule has 7 nitrogen and oxygen atoms in total. The Morgan fingerprint density at radius 1 is 1.21 bits per heavy atom. The third kappa shape index (κ3) is 11.6. The third-order valence-electron chi connectivity index (χ3n) is 1.97. The van der Waals surface area contributed by atoms with Crippen LogP contribution in [0.3, 0.4) is 0 Å². The van der Waals surface area contributed by atoms with E-state index in [-0.39, 0.29) is 0 Å². The van der Waals surface area contributed by atoms with E-state index < -0.39 is 20.7 Å².